The molecule has 29 heavy (non-hydrogen) atoms. The van der Waals surface area contributed by atoms with Gasteiger partial charge in [0.2, 0.25) is 11.8 Å². The summed E-state index contributed by atoms with van der Waals surface area (Å²) in [6, 6.07) is 27.5. The normalized spacial score (nSPS) is 10.7. The van der Waals surface area contributed by atoms with E-state index in [0.29, 0.717) is 13.1 Å². The molecule has 5 nitrogen and oxygen atoms in total. The molecule has 3 aromatic rings. The van der Waals surface area contributed by atoms with Crippen LogP contribution in [0.5, 0.6) is 0 Å². The van der Waals surface area contributed by atoms with Crippen LogP contribution in [0.15, 0.2) is 84.9 Å². The summed E-state index contributed by atoms with van der Waals surface area (Å²) < 4.78 is 0. The van der Waals surface area contributed by atoms with Crippen LogP contribution in [0, 0.1) is 0 Å². The van der Waals surface area contributed by atoms with Crippen LogP contribution in [0.4, 0.5) is 5.69 Å². The summed E-state index contributed by atoms with van der Waals surface area (Å²) in [5.74, 6) is -0.508. The first-order chi connectivity index (χ1) is 14.1. The highest BCUT2D eigenvalue weighted by Crippen LogP contribution is 2.27. The van der Waals surface area contributed by atoms with E-state index in [9.17, 15) is 9.59 Å². The van der Waals surface area contributed by atoms with Crippen molar-refractivity contribution in [2.45, 2.75) is 13.0 Å². The second-order valence-corrected chi connectivity index (χ2v) is 6.87. The van der Waals surface area contributed by atoms with Gasteiger partial charge in [0.25, 0.3) is 0 Å². The van der Waals surface area contributed by atoms with Crippen molar-refractivity contribution in [2.24, 2.45) is 5.73 Å². The van der Waals surface area contributed by atoms with Crippen molar-refractivity contribution in [3.63, 3.8) is 0 Å². The van der Waals surface area contributed by atoms with Gasteiger partial charge in [-0.25, -0.2) is 0 Å². The van der Waals surface area contributed by atoms with Crippen molar-refractivity contribution < 1.29 is 9.59 Å². The molecule has 0 aliphatic rings. The van der Waals surface area contributed by atoms with Gasteiger partial charge < -0.3 is 11.1 Å². The molecule has 0 heterocycles. The van der Waals surface area contributed by atoms with Crippen LogP contribution in [0.1, 0.15) is 12.0 Å². The first-order valence-electron chi connectivity index (χ1n) is 9.60. The maximum Gasteiger partial charge on any atom is 0.238 e. The zero-order chi connectivity index (χ0) is 20.5. The molecule has 0 saturated heterocycles. The monoisotopic (exact) mass is 387 g/mol. The fourth-order valence-electron chi connectivity index (χ4n) is 3.18. The minimum Gasteiger partial charge on any atom is -0.370 e. The molecule has 0 aliphatic carbocycles. The Morgan fingerprint density at radius 1 is 0.828 bits per heavy atom. The molecule has 3 rings (SSSR count). The van der Waals surface area contributed by atoms with Crippen molar-refractivity contribution >= 4 is 17.5 Å². The third kappa shape index (κ3) is 6.30. The molecule has 0 atom stereocenters. The average molecular weight is 387 g/mol. The number of nitrogens with zero attached hydrogens (tertiary/aromatic N) is 1. The molecule has 0 bridgehead atoms. The Morgan fingerprint density at radius 2 is 1.45 bits per heavy atom. The third-order valence-electron chi connectivity index (χ3n) is 4.58. The van der Waals surface area contributed by atoms with E-state index in [1.165, 1.54) is 0 Å². The van der Waals surface area contributed by atoms with Gasteiger partial charge in [-0.15, -0.1) is 0 Å². The second kappa shape index (κ2) is 10.2. The minimum absolute atomic E-state index is 0.131. The first-order valence-corrected chi connectivity index (χ1v) is 9.60. The molecule has 2 amide bonds. The standard InChI is InChI=1S/C24H25N3O2/c25-23(28)15-16-27(17-19-9-3-1-4-10-19)18-24(29)26-22-14-8-7-13-21(22)20-11-5-2-6-12-20/h1-14H,15-18H2,(H2,25,28)(H,26,29). The number of nitrogens with one attached hydrogen (secondary N) is 1. The van der Waals surface area contributed by atoms with E-state index in [0.717, 1.165) is 22.4 Å². The Kier molecular flexibility index (Phi) is 7.14. The molecule has 0 saturated carbocycles. The summed E-state index contributed by atoms with van der Waals surface area (Å²) in [7, 11) is 0. The number of nitrogens with two attached hydrogens (primary N) is 1. The fourth-order valence-corrected chi connectivity index (χ4v) is 3.18. The molecule has 0 aliphatic heterocycles. The lowest BCUT2D eigenvalue weighted by atomic mass is 10.0. The van der Waals surface area contributed by atoms with Gasteiger partial charge in [0, 0.05) is 30.8 Å². The lowest BCUT2D eigenvalue weighted by molar-refractivity contribution is -0.120. The van der Waals surface area contributed by atoms with Crippen molar-refractivity contribution in [1.29, 1.82) is 0 Å². The van der Waals surface area contributed by atoms with Gasteiger partial charge in [0.1, 0.15) is 0 Å². The Labute approximate surface area is 171 Å². The molecule has 3 aromatic carbocycles. The molecular weight excluding hydrogens is 362 g/mol. The maximum absolute atomic E-state index is 12.8. The summed E-state index contributed by atoms with van der Waals surface area (Å²) >= 11 is 0. The molecular formula is C24H25N3O2. The van der Waals surface area contributed by atoms with Crippen LogP contribution in [0.25, 0.3) is 11.1 Å². The van der Waals surface area contributed by atoms with Crippen LogP contribution in [-0.4, -0.2) is 29.8 Å². The highest BCUT2D eigenvalue weighted by molar-refractivity contribution is 5.96. The Morgan fingerprint density at radius 3 is 2.14 bits per heavy atom. The van der Waals surface area contributed by atoms with Crippen LogP contribution in [0.3, 0.4) is 0 Å². The number of primary amides is 1. The Bertz CT molecular complexity index is 943. The maximum atomic E-state index is 12.8. The number of amides is 2. The predicted molar refractivity (Wildman–Crippen MR) is 116 cm³/mol. The van der Waals surface area contributed by atoms with Gasteiger partial charge in [0.15, 0.2) is 0 Å². The van der Waals surface area contributed by atoms with Gasteiger partial charge in [-0.05, 0) is 17.2 Å². The number of hydrogen-bond donors (Lipinski definition) is 2. The zero-order valence-corrected chi connectivity index (χ0v) is 16.3. The number of rotatable bonds is 9. The van der Waals surface area contributed by atoms with Gasteiger partial charge in [0.05, 0.1) is 6.54 Å². The Balaban J connectivity index is 1.71. The van der Waals surface area contributed by atoms with Gasteiger partial charge >= 0.3 is 0 Å². The van der Waals surface area contributed by atoms with Crippen LogP contribution >= 0.6 is 0 Å². The van der Waals surface area contributed by atoms with Crippen molar-refractivity contribution in [1.82, 2.24) is 4.90 Å². The molecule has 3 N–H and O–H groups in total. The van der Waals surface area contributed by atoms with E-state index in [-0.39, 0.29) is 24.8 Å². The van der Waals surface area contributed by atoms with E-state index < -0.39 is 0 Å². The van der Waals surface area contributed by atoms with Gasteiger partial charge in [-0.1, -0.05) is 78.9 Å². The van der Waals surface area contributed by atoms with E-state index >= 15 is 0 Å². The number of anilines is 1. The van der Waals surface area contributed by atoms with Crippen LogP contribution < -0.4 is 11.1 Å². The first kappa shape index (κ1) is 20.3. The van der Waals surface area contributed by atoms with Gasteiger partial charge in [-0.3, -0.25) is 14.5 Å². The number of carbonyl (C=O) groups is 2. The Hall–Kier alpha value is -3.44. The summed E-state index contributed by atoms with van der Waals surface area (Å²) in [4.78, 5) is 25.9. The molecule has 0 spiro atoms. The number of carbonyl (C=O) groups excluding carboxylic acids is 2. The van der Waals surface area contributed by atoms with E-state index in [1.807, 2.05) is 89.8 Å². The summed E-state index contributed by atoms with van der Waals surface area (Å²) in [5, 5.41) is 3.02. The SMILES string of the molecule is NC(=O)CCN(CC(=O)Nc1ccccc1-c1ccccc1)Cc1ccccc1. The number of benzene rings is 3. The molecule has 0 aromatic heterocycles. The highest BCUT2D eigenvalue weighted by Gasteiger charge is 2.14. The van der Waals surface area contributed by atoms with Crippen molar-refractivity contribution in [3.05, 3.63) is 90.5 Å². The van der Waals surface area contributed by atoms with Gasteiger partial charge in [-0.2, -0.15) is 0 Å². The molecule has 5 heteroatoms. The zero-order valence-electron chi connectivity index (χ0n) is 16.3. The lowest BCUT2D eigenvalue weighted by Crippen LogP contribution is -2.35. The summed E-state index contributed by atoms with van der Waals surface area (Å²) in [6.07, 6.45) is 0.209. The van der Waals surface area contributed by atoms with Crippen molar-refractivity contribution in [2.75, 3.05) is 18.4 Å². The predicted octanol–water partition coefficient (Wildman–Crippen LogP) is 3.67. The quantitative estimate of drug-likeness (QED) is 0.588. The third-order valence-corrected chi connectivity index (χ3v) is 4.58. The van der Waals surface area contributed by atoms with Crippen LogP contribution in [0.2, 0.25) is 0 Å². The van der Waals surface area contributed by atoms with E-state index in [1.54, 1.807) is 0 Å². The highest BCUT2D eigenvalue weighted by atomic mass is 16.2. The number of para-hydroxylation sites is 1. The minimum atomic E-state index is -0.377. The lowest BCUT2D eigenvalue weighted by Gasteiger charge is -2.22. The second-order valence-electron chi connectivity index (χ2n) is 6.87. The smallest absolute Gasteiger partial charge is 0.238 e. The average Bonchev–Trinajstić information content (AvgIpc) is 2.74. The summed E-state index contributed by atoms with van der Waals surface area (Å²) in [6.45, 7) is 1.17. The summed E-state index contributed by atoms with van der Waals surface area (Å²) in [5.41, 5.74) is 9.15. The number of hydrogen-bond acceptors (Lipinski definition) is 3. The van der Waals surface area contributed by atoms with Crippen LogP contribution in [-0.2, 0) is 16.1 Å². The molecule has 0 radical (unpaired) electrons. The molecule has 148 valence electrons. The van der Waals surface area contributed by atoms with E-state index in [4.69, 9.17) is 5.73 Å². The topological polar surface area (TPSA) is 75.4 Å². The fraction of sp³-hybridized carbons (Fsp3) is 0.167. The molecule has 0 fully saturated rings. The largest absolute Gasteiger partial charge is 0.370 e. The molecule has 0 unspecified atom stereocenters. The van der Waals surface area contributed by atoms with Crippen molar-refractivity contribution in [3.8, 4) is 11.1 Å². The van der Waals surface area contributed by atoms with E-state index in [2.05, 4.69) is 5.32 Å².